The number of nitriles is 1. The van der Waals surface area contributed by atoms with Gasteiger partial charge in [-0.05, 0) is 42.0 Å². The van der Waals surface area contributed by atoms with Crippen molar-refractivity contribution in [2.24, 2.45) is 0 Å². The average Bonchev–Trinajstić information content (AvgIpc) is 2.47. The van der Waals surface area contributed by atoms with E-state index in [0.29, 0.717) is 17.9 Å². The maximum absolute atomic E-state index is 8.71. The second kappa shape index (κ2) is 6.55. The molecule has 0 aliphatic rings. The summed E-state index contributed by atoms with van der Waals surface area (Å²) in [5.74, 6) is 1.42. The van der Waals surface area contributed by atoms with Crippen LogP contribution in [0.2, 0.25) is 0 Å². The second-order valence-corrected chi connectivity index (χ2v) is 3.81. The summed E-state index contributed by atoms with van der Waals surface area (Å²) < 4.78 is 5.66. The third-order valence-corrected chi connectivity index (χ3v) is 2.49. The van der Waals surface area contributed by atoms with Crippen molar-refractivity contribution < 1.29 is 14.5 Å². The number of ether oxygens (including phenoxy) is 1. The van der Waals surface area contributed by atoms with Crippen LogP contribution in [0.4, 0.5) is 0 Å². The van der Waals surface area contributed by atoms with Gasteiger partial charge in [0.2, 0.25) is 0 Å². The first-order valence-corrected chi connectivity index (χ1v) is 5.74. The average molecular weight is 255 g/mol. The highest BCUT2D eigenvalue weighted by atomic mass is 17.2. The van der Waals surface area contributed by atoms with E-state index < -0.39 is 0 Å². The molecule has 0 unspecified atom stereocenters. The van der Waals surface area contributed by atoms with Crippen molar-refractivity contribution >= 4 is 0 Å². The van der Waals surface area contributed by atoms with Crippen molar-refractivity contribution in [3.8, 4) is 17.6 Å². The van der Waals surface area contributed by atoms with E-state index in [0.717, 1.165) is 11.3 Å². The maximum Gasteiger partial charge on any atom is 0.127 e. The molecule has 0 atom stereocenters. The zero-order valence-corrected chi connectivity index (χ0v) is 10.5. The highest BCUT2D eigenvalue weighted by Crippen LogP contribution is 2.22. The summed E-state index contributed by atoms with van der Waals surface area (Å²) in [5.41, 5.74) is 1.61. The van der Waals surface area contributed by atoms with Gasteiger partial charge < -0.3 is 4.74 Å². The molecule has 0 radical (unpaired) electrons. The van der Waals surface area contributed by atoms with Crippen LogP contribution in [-0.2, 0) is 16.4 Å². The van der Waals surface area contributed by atoms with Crippen molar-refractivity contribution in [3.05, 3.63) is 59.7 Å². The monoisotopic (exact) mass is 255 g/mol. The molecule has 4 heteroatoms. The Morgan fingerprint density at radius 1 is 0.947 bits per heavy atom. The highest BCUT2D eigenvalue weighted by Gasteiger charge is 1.99. The van der Waals surface area contributed by atoms with Crippen molar-refractivity contribution in [1.29, 1.82) is 5.26 Å². The molecule has 96 valence electrons. The molecule has 0 saturated heterocycles. The molecule has 0 heterocycles. The van der Waals surface area contributed by atoms with E-state index in [1.54, 1.807) is 24.3 Å². The van der Waals surface area contributed by atoms with Gasteiger partial charge in [-0.2, -0.15) is 5.26 Å². The van der Waals surface area contributed by atoms with Crippen molar-refractivity contribution in [2.75, 3.05) is 7.11 Å². The van der Waals surface area contributed by atoms with Crippen LogP contribution in [0.3, 0.4) is 0 Å². The van der Waals surface area contributed by atoms with Gasteiger partial charge in [-0.15, -0.1) is 0 Å². The Kier molecular flexibility index (Phi) is 4.51. The van der Waals surface area contributed by atoms with Gasteiger partial charge in [0.05, 0.1) is 18.7 Å². The number of hydrogen-bond donors (Lipinski definition) is 0. The van der Waals surface area contributed by atoms with E-state index in [1.807, 2.05) is 24.3 Å². The Morgan fingerprint density at radius 2 is 1.53 bits per heavy atom. The number of nitrogens with zero attached hydrogens (tertiary/aromatic N) is 1. The molecule has 0 aliphatic heterocycles. The Morgan fingerprint density at radius 3 is 2.05 bits per heavy atom. The topological polar surface area (TPSA) is 51.5 Å². The lowest BCUT2D eigenvalue weighted by molar-refractivity contribution is -0.282. The second-order valence-electron chi connectivity index (χ2n) is 3.81. The summed E-state index contributed by atoms with van der Waals surface area (Å²) in [4.78, 5) is 9.37. The summed E-state index contributed by atoms with van der Waals surface area (Å²) in [6, 6.07) is 16.5. The molecular formula is C15H13NO3. The quantitative estimate of drug-likeness (QED) is 0.606. The van der Waals surface area contributed by atoms with E-state index >= 15 is 0 Å². The molecule has 0 bridgehead atoms. The summed E-state index contributed by atoms with van der Waals surface area (Å²) in [5, 5.41) is 8.71. The molecule has 19 heavy (non-hydrogen) atoms. The van der Waals surface area contributed by atoms with Crippen LogP contribution in [-0.4, -0.2) is 7.11 Å². The van der Waals surface area contributed by atoms with Crippen molar-refractivity contribution in [3.63, 3.8) is 0 Å². The van der Waals surface area contributed by atoms with Gasteiger partial charge in [0.1, 0.15) is 18.1 Å². The zero-order valence-electron chi connectivity index (χ0n) is 10.5. The minimum Gasteiger partial charge on any atom is -0.457 e. The van der Waals surface area contributed by atoms with Crippen LogP contribution in [0.1, 0.15) is 11.1 Å². The summed E-state index contributed by atoms with van der Waals surface area (Å²) in [7, 11) is 1.47. The molecule has 2 rings (SSSR count). The largest absolute Gasteiger partial charge is 0.457 e. The first-order valence-electron chi connectivity index (χ1n) is 5.74. The lowest BCUT2D eigenvalue weighted by atomic mass is 10.2. The van der Waals surface area contributed by atoms with Gasteiger partial charge in [-0.3, -0.25) is 0 Å². The minimum absolute atomic E-state index is 0.396. The zero-order chi connectivity index (χ0) is 13.5. The van der Waals surface area contributed by atoms with Gasteiger partial charge in [0.25, 0.3) is 0 Å². The van der Waals surface area contributed by atoms with E-state index in [9.17, 15) is 0 Å². The highest BCUT2D eigenvalue weighted by molar-refractivity contribution is 5.37. The predicted octanol–water partition coefficient (Wildman–Crippen LogP) is 3.43. The molecule has 0 N–H and O–H groups in total. The number of hydrogen-bond acceptors (Lipinski definition) is 4. The molecule has 0 aromatic heterocycles. The molecule has 0 spiro atoms. The molecule has 4 nitrogen and oxygen atoms in total. The van der Waals surface area contributed by atoms with E-state index in [-0.39, 0.29) is 0 Å². The van der Waals surface area contributed by atoms with Gasteiger partial charge in [-0.25, -0.2) is 9.78 Å². The summed E-state index contributed by atoms with van der Waals surface area (Å²) in [6.45, 7) is 0.396. The van der Waals surface area contributed by atoms with Gasteiger partial charge in [0, 0.05) is 0 Å². The molecule has 2 aromatic rings. The summed E-state index contributed by atoms with van der Waals surface area (Å²) in [6.07, 6.45) is 0. The van der Waals surface area contributed by atoms with Gasteiger partial charge in [0.15, 0.2) is 0 Å². The van der Waals surface area contributed by atoms with Crippen LogP contribution < -0.4 is 4.74 Å². The number of benzene rings is 2. The molecule has 0 fully saturated rings. The Hall–Kier alpha value is -2.35. The predicted molar refractivity (Wildman–Crippen MR) is 69.5 cm³/mol. The lowest BCUT2D eigenvalue weighted by Gasteiger charge is -2.06. The first kappa shape index (κ1) is 13.1. The minimum atomic E-state index is 0.396. The number of rotatable bonds is 5. The van der Waals surface area contributed by atoms with Crippen LogP contribution >= 0.6 is 0 Å². The standard InChI is InChI=1S/C15H13NO3/c1-17-18-11-13-4-8-15(9-5-13)19-14-6-2-12(10-16)3-7-14/h2-9H,11H2,1H3. The van der Waals surface area contributed by atoms with Crippen LogP contribution in [0.5, 0.6) is 11.5 Å². The Balaban J connectivity index is 2.00. The maximum atomic E-state index is 8.71. The van der Waals surface area contributed by atoms with Crippen molar-refractivity contribution in [1.82, 2.24) is 0 Å². The van der Waals surface area contributed by atoms with Crippen LogP contribution in [0, 0.1) is 11.3 Å². The third-order valence-electron chi connectivity index (χ3n) is 2.49. The van der Waals surface area contributed by atoms with Gasteiger partial charge in [-0.1, -0.05) is 12.1 Å². The molecular weight excluding hydrogens is 242 g/mol. The third kappa shape index (κ3) is 3.81. The van der Waals surface area contributed by atoms with E-state index in [1.165, 1.54) is 7.11 Å². The fourth-order valence-electron chi connectivity index (χ4n) is 1.51. The Labute approximate surface area is 111 Å². The fourth-order valence-corrected chi connectivity index (χ4v) is 1.51. The van der Waals surface area contributed by atoms with E-state index in [2.05, 4.69) is 11.0 Å². The van der Waals surface area contributed by atoms with Crippen LogP contribution in [0.15, 0.2) is 48.5 Å². The van der Waals surface area contributed by atoms with Crippen LogP contribution in [0.25, 0.3) is 0 Å². The van der Waals surface area contributed by atoms with E-state index in [4.69, 9.17) is 14.9 Å². The Bertz CT molecular complexity index is 555. The normalized spacial score (nSPS) is 9.89. The smallest absolute Gasteiger partial charge is 0.127 e. The summed E-state index contributed by atoms with van der Waals surface area (Å²) >= 11 is 0. The lowest BCUT2D eigenvalue weighted by Crippen LogP contribution is -1.91. The van der Waals surface area contributed by atoms with Crippen molar-refractivity contribution in [2.45, 2.75) is 6.61 Å². The molecule has 2 aromatic carbocycles. The molecule has 0 amide bonds. The SMILES string of the molecule is COOCc1ccc(Oc2ccc(C#N)cc2)cc1. The molecule has 0 aliphatic carbocycles. The fraction of sp³-hybridized carbons (Fsp3) is 0.133. The van der Waals surface area contributed by atoms with Gasteiger partial charge >= 0.3 is 0 Å². The first-order chi connectivity index (χ1) is 9.31. The molecule has 0 saturated carbocycles.